The number of aliphatic carboxylic acids is 1. The van der Waals surface area contributed by atoms with E-state index in [1.165, 1.54) is 0 Å². The minimum absolute atomic E-state index is 0.148. The summed E-state index contributed by atoms with van der Waals surface area (Å²) in [6.45, 7) is 5.25. The first-order valence-corrected chi connectivity index (χ1v) is 7.60. The molecule has 0 radical (unpaired) electrons. The molecule has 22 heavy (non-hydrogen) atoms. The lowest BCUT2D eigenvalue weighted by Crippen LogP contribution is -2.40. The van der Waals surface area contributed by atoms with Crippen LogP contribution in [-0.2, 0) is 16.1 Å². The average Bonchev–Trinajstić information content (AvgIpc) is 2.98. The maximum absolute atomic E-state index is 12.3. The first-order valence-electron chi connectivity index (χ1n) is 7.60. The summed E-state index contributed by atoms with van der Waals surface area (Å²) in [5.74, 6) is -2.11. The summed E-state index contributed by atoms with van der Waals surface area (Å²) in [5, 5.41) is 12.2. The Morgan fingerprint density at radius 3 is 2.59 bits per heavy atom. The van der Waals surface area contributed by atoms with Gasteiger partial charge in [-0.1, -0.05) is 11.1 Å². The van der Waals surface area contributed by atoms with Crippen molar-refractivity contribution in [3.05, 3.63) is 29.9 Å². The molecule has 120 valence electrons. The summed E-state index contributed by atoms with van der Waals surface area (Å²) in [6.07, 6.45) is 7.13. The number of hydrogen-bond donors (Lipinski definition) is 2. The number of rotatable bonds is 6. The molecule has 0 saturated heterocycles. The van der Waals surface area contributed by atoms with E-state index < -0.39 is 17.8 Å². The largest absolute Gasteiger partial charge is 0.481 e. The number of nitrogens with zero attached hydrogens (tertiary/aromatic N) is 2. The zero-order valence-corrected chi connectivity index (χ0v) is 13.1. The molecule has 6 heteroatoms. The molecule has 0 bridgehead atoms. The molecular weight excluding hydrogens is 282 g/mol. The normalized spacial score (nSPS) is 21.7. The standard InChI is InChI=1S/C16H23N3O3/c1-11-8-13(14(16(21)22)9-12(11)2)15(20)18-4-3-6-19-7-5-17-10-19/h5,7,10,13-14H,3-4,6,8-9H2,1-2H3,(H,18,20)(H,21,22)/t13-,14-/m1/s1. The second-order valence-electron chi connectivity index (χ2n) is 5.97. The van der Waals surface area contributed by atoms with Gasteiger partial charge in [-0.25, -0.2) is 4.98 Å². The molecule has 0 fully saturated rings. The smallest absolute Gasteiger partial charge is 0.307 e. The van der Waals surface area contributed by atoms with Crippen molar-refractivity contribution in [2.75, 3.05) is 6.54 Å². The number of carbonyl (C=O) groups is 2. The number of carboxylic acid groups (broad SMARTS) is 1. The predicted octanol–water partition coefficient (Wildman–Crippen LogP) is 1.84. The summed E-state index contributed by atoms with van der Waals surface area (Å²) < 4.78 is 1.95. The molecule has 2 N–H and O–H groups in total. The van der Waals surface area contributed by atoms with Crippen molar-refractivity contribution in [1.82, 2.24) is 14.9 Å². The van der Waals surface area contributed by atoms with Crippen molar-refractivity contribution in [2.45, 2.75) is 39.7 Å². The highest BCUT2D eigenvalue weighted by Gasteiger charge is 2.36. The SMILES string of the molecule is CC1=C(C)C[C@@H](C(=O)NCCCn2ccnc2)[C@H](C(=O)O)C1. The number of carbonyl (C=O) groups excluding carboxylic acids is 1. The Morgan fingerprint density at radius 2 is 2.00 bits per heavy atom. The Balaban J connectivity index is 1.86. The summed E-state index contributed by atoms with van der Waals surface area (Å²) in [4.78, 5) is 27.7. The summed E-state index contributed by atoms with van der Waals surface area (Å²) in [7, 11) is 0. The number of imidazole rings is 1. The van der Waals surface area contributed by atoms with Crippen molar-refractivity contribution in [3.63, 3.8) is 0 Å². The van der Waals surface area contributed by atoms with E-state index in [-0.39, 0.29) is 5.91 Å². The van der Waals surface area contributed by atoms with Crippen LogP contribution in [0, 0.1) is 11.8 Å². The van der Waals surface area contributed by atoms with Gasteiger partial charge in [0.05, 0.1) is 18.2 Å². The fourth-order valence-corrected chi connectivity index (χ4v) is 2.85. The highest BCUT2D eigenvalue weighted by Crippen LogP contribution is 2.34. The number of amides is 1. The first kappa shape index (κ1) is 16.3. The van der Waals surface area contributed by atoms with E-state index in [4.69, 9.17) is 0 Å². The first-order chi connectivity index (χ1) is 10.5. The van der Waals surface area contributed by atoms with E-state index in [9.17, 15) is 14.7 Å². The van der Waals surface area contributed by atoms with Crippen LogP contribution in [0.25, 0.3) is 0 Å². The van der Waals surface area contributed by atoms with Gasteiger partial charge in [0.15, 0.2) is 0 Å². The minimum Gasteiger partial charge on any atom is -0.481 e. The maximum Gasteiger partial charge on any atom is 0.307 e. The molecule has 1 aromatic rings. The third kappa shape index (κ3) is 3.96. The van der Waals surface area contributed by atoms with Crippen molar-refractivity contribution in [1.29, 1.82) is 0 Å². The van der Waals surface area contributed by atoms with Crippen LogP contribution in [-0.4, -0.2) is 33.1 Å². The van der Waals surface area contributed by atoms with Crippen LogP contribution in [0.15, 0.2) is 29.9 Å². The van der Waals surface area contributed by atoms with Crippen LogP contribution in [0.2, 0.25) is 0 Å². The molecule has 2 rings (SSSR count). The summed E-state index contributed by atoms with van der Waals surface area (Å²) >= 11 is 0. The molecular formula is C16H23N3O3. The Bertz CT molecular complexity index is 563. The van der Waals surface area contributed by atoms with Crippen molar-refractivity contribution < 1.29 is 14.7 Å². The molecule has 2 atom stereocenters. The topological polar surface area (TPSA) is 84.2 Å². The summed E-state index contributed by atoms with van der Waals surface area (Å²) in [5.41, 5.74) is 2.23. The quantitative estimate of drug-likeness (QED) is 0.620. The second kappa shape index (κ2) is 7.24. The monoisotopic (exact) mass is 305 g/mol. The van der Waals surface area contributed by atoms with Gasteiger partial charge in [-0.2, -0.15) is 0 Å². The van der Waals surface area contributed by atoms with Gasteiger partial charge in [-0.3, -0.25) is 9.59 Å². The van der Waals surface area contributed by atoms with Crippen molar-refractivity contribution >= 4 is 11.9 Å². The Hall–Kier alpha value is -2.11. The molecule has 1 heterocycles. The van der Waals surface area contributed by atoms with Gasteiger partial charge < -0.3 is 15.0 Å². The van der Waals surface area contributed by atoms with E-state index in [1.54, 1.807) is 12.5 Å². The van der Waals surface area contributed by atoms with Crippen LogP contribution in [0.3, 0.4) is 0 Å². The van der Waals surface area contributed by atoms with Crippen LogP contribution >= 0.6 is 0 Å². The lowest BCUT2D eigenvalue weighted by Gasteiger charge is -2.29. The van der Waals surface area contributed by atoms with Gasteiger partial charge in [0.2, 0.25) is 5.91 Å². The number of aromatic nitrogens is 2. The molecule has 1 aliphatic carbocycles. The number of carboxylic acids is 1. The lowest BCUT2D eigenvalue weighted by molar-refractivity contribution is -0.147. The molecule has 1 aromatic heterocycles. The van der Waals surface area contributed by atoms with Crippen molar-refractivity contribution in [2.24, 2.45) is 11.8 Å². The number of aryl methyl sites for hydroxylation is 1. The average molecular weight is 305 g/mol. The molecule has 0 aliphatic heterocycles. The van der Waals surface area contributed by atoms with Gasteiger partial charge in [0.25, 0.3) is 0 Å². The zero-order chi connectivity index (χ0) is 16.1. The van der Waals surface area contributed by atoms with Crippen molar-refractivity contribution in [3.8, 4) is 0 Å². The fraction of sp³-hybridized carbons (Fsp3) is 0.562. The van der Waals surface area contributed by atoms with Gasteiger partial charge in [-0.05, 0) is 33.1 Å². The highest BCUT2D eigenvalue weighted by atomic mass is 16.4. The van der Waals surface area contributed by atoms with Crippen LogP contribution in [0.5, 0.6) is 0 Å². The van der Waals surface area contributed by atoms with Gasteiger partial charge >= 0.3 is 5.97 Å². The van der Waals surface area contributed by atoms with Gasteiger partial charge in [0, 0.05) is 25.5 Å². The summed E-state index contributed by atoms with van der Waals surface area (Å²) in [6, 6.07) is 0. The number of hydrogen-bond acceptors (Lipinski definition) is 3. The molecule has 0 unspecified atom stereocenters. The van der Waals surface area contributed by atoms with E-state index >= 15 is 0 Å². The molecule has 0 aromatic carbocycles. The van der Waals surface area contributed by atoms with E-state index in [0.29, 0.717) is 19.4 Å². The van der Waals surface area contributed by atoms with Crippen LogP contribution in [0.1, 0.15) is 33.1 Å². The van der Waals surface area contributed by atoms with Gasteiger partial charge in [-0.15, -0.1) is 0 Å². The molecule has 1 amide bonds. The molecule has 0 spiro atoms. The minimum atomic E-state index is -0.884. The van der Waals surface area contributed by atoms with Crippen LogP contribution in [0.4, 0.5) is 0 Å². The van der Waals surface area contributed by atoms with E-state index in [2.05, 4.69) is 10.3 Å². The maximum atomic E-state index is 12.3. The Morgan fingerprint density at radius 1 is 1.32 bits per heavy atom. The number of nitrogens with one attached hydrogen (secondary N) is 1. The highest BCUT2D eigenvalue weighted by molar-refractivity contribution is 5.85. The second-order valence-corrected chi connectivity index (χ2v) is 5.97. The Labute approximate surface area is 130 Å². The van der Waals surface area contributed by atoms with Gasteiger partial charge in [0.1, 0.15) is 0 Å². The predicted molar refractivity (Wildman–Crippen MR) is 82.1 cm³/mol. The third-order valence-electron chi connectivity index (χ3n) is 4.37. The zero-order valence-electron chi connectivity index (χ0n) is 13.1. The molecule has 0 saturated carbocycles. The van der Waals surface area contributed by atoms with E-state index in [1.807, 2.05) is 24.6 Å². The fourth-order valence-electron chi connectivity index (χ4n) is 2.85. The van der Waals surface area contributed by atoms with Crippen LogP contribution < -0.4 is 5.32 Å². The number of allylic oxidation sites excluding steroid dienone is 2. The molecule has 1 aliphatic rings. The Kier molecular flexibility index (Phi) is 5.35. The molecule has 6 nitrogen and oxygen atoms in total. The third-order valence-corrected chi connectivity index (χ3v) is 4.37. The lowest BCUT2D eigenvalue weighted by atomic mass is 9.76. The van der Waals surface area contributed by atoms with E-state index in [0.717, 1.165) is 24.1 Å².